The lowest BCUT2D eigenvalue weighted by Crippen LogP contribution is -2.28. The van der Waals surface area contributed by atoms with Crippen molar-refractivity contribution < 1.29 is 4.79 Å². The van der Waals surface area contributed by atoms with Crippen LogP contribution in [0.15, 0.2) is 85.6 Å². The number of aromatic nitrogens is 6. The van der Waals surface area contributed by atoms with Gasteiger partial charge in [-0.2, -0.15) is 0 Å². The second-order valence-corrected chi connectivity index (χ2v) is 8.34. The van der Waals surface area contributed by atoms with Gasteiger partial charge < -0.3 is 10.3 Å². The summed E-state index contributed by atoms with van der Waals surface area (Å²) in [7, 11) is 0. The molecule has 35 heavy (non-hydrogen) atoms. The van der Waals surface area contributed by atoms with Crippen LogP contribution in [0.5, 0.6) is 0 Å². The molecule has 3 heterocycles. The average molecular weight is 455 g/mol. The monoisotopic (exact) mass is 455 g/mol. The maximum atomic E-state index is 13.5. The van der Waals surface area contributed by atoms with Crippen molar-refractivity contribution in [1.82, 2.24) is 35.2 Å². The number of nitrogens with zero attached hydrogens (tertiary/aromatic N) is 5. The SMILES string of the molecule is O=C(N[C@@H]1c2ccccc2-c2c(-c3nc4ncncc4[nH]3)cccc21)c1cccc2nccnc12. The van der Waals surface area contributed by atoms with E-state index in [4.69, 9.17) is 4.98 Å². The Morgan fingerprint density at radius 1 is 0.857 bits per heavy atom. The van der Waals surface area contributed by atoms with Gasteiger partial charge in [-0.15, -0.1) is 0 Å². The van der Waals surface area contributed by atoms with Gasteiger partial charge in [0.1, 0.15) is 23.2 Å². The molecule has 2 N–H and O–H groups in total. The van der Waals surface area contributed by atoms with Gasteiger partial charge in [0.25, 0.3) is 5.91 Å². The number of nitrogens with one attached hydrogen (secondary N) is 2. The van der Waals surface area contributed by atoms with Gasteiger partial charge in [0, 0.05) is 18.0 Å². The fourth-order valence-corrected chi connectivity index (χ4v) is 4.88. The van der Waals surface area contributed by atoms with Crippen LogP contribution in [0.3, 0.4) is 0 Å². The van der Waals surface area contributed by atoms with Gasteiger partial charge in [0.2, 0.25) is 0 Å². The first-order valence-corrected chi connectivity index (χ1v) is 11.2. The van der Waals surface area contributed by atoms with E-state index in [0.717, 1.165) is 33.3 Å². The normalized spacial score (nSPS) is 14.1. The van der Waals surface area contributed by atoms with Crippen LogP contribution in [0, 0.1) is 0 Å². The Morgan fingerprint density at radius 2 is 1.69 bits per heavy atom. The zero-order valence-electron chi connectivity index (χ0n) is 18.3. The topological polar surface area (TPSA) is 109 Å². The molecule has 0 fully saturated rings. The van der Waals surface area contributed by atoms with E-state index >= 15 is 0 Å². The van der Waals surface area contributed by atoms with Gasteiger partial charge in [0.05, 0.1) is 23.3 Å². The molecule has 0 saturated carbocycles. The van der Waals surface area contributed by atoms with Crippen LogP contribution in [0.2, 0.25) is 0 Å². The summed E-state index contributed by atoms with van der Waals surface area (Å²) in [6.45, 7) is 0. The van der Waals surface area contributed by atoms with Gasteiger partial charge in [0.15, 0.2) is 5.65 Å². The van der Waals surface area contributed by atoms with E-state index in [2.05, 4.69) is 48.4 Å². The number of carbonyl (C=O) groups excluding carboxylic acids is 1. The van der Waals surface area contributed by atoms with Crippen molar-refractivity contribution in [2.24, 2.45) is 0 Å². The summed E-state index contributed by atoms with van der Waals surface area (Å²) in [6.07, 6.45) is 6.43. The Balaban J connectivity index is 1.36. The average Bonchev–Trinajstić information content (AvgIpc) is 3.48. The molecule has 1 aliphatic rings. The molecule has 1 amide bonds. The fourth-order valence-electron chi connectivity index (χ4n) is 4.88. The van der Waals surface area contributed by atoms with Crippen molar-refractivity contribution in [2.75, 3.05) is 0 Å². The minimum atomic E-state index is -0.315. The molecule has 166 valence electrons. The third-order valence-electron chi connectivity index (χ3n) is 6.38. The molecule has 1 atom stereocenters. The fraction of sp³-hybridized carbons (Fsp3) is 0.0370. The number of benzene rings is 3. The van der Waals surface area contributed by atoms with E-state index in [0.29, 0.717) is 28.1 Å². The maximum absolute atomic E-state index is 13.5. The molecule has 6 aromatic rings. The number of carbonyl (C=O) groups is 1. The number of rotatable bonds is 3. The number of aromatic amines is 1. The van der Waals surface area contributed by atoms with E-state index in [9.17, 15) is 4.79 Å². The van der Waals surface area contributed by atoms with E-state index in [1.54, 1.807) is 24.7 Å². The van der Waals surface area contributed by atoms with Crippen molar-refractivity contribution in [3.8, 4) is 22.5 Å². The summed E-state index contributed by atoms with van der Waals surface area (Å²) in [6, 6.07) is 19.3. The first-order valence-electron chi connectivity index (χ1n) is 11.2. The van der Waals surface area contributed by atoms with Crippen molar-refractivity contribution >= 4 is 28.1 Å². The number of fused-ring (bicyclic) bond motifs is 5. The van der Waals surface area contributed by atoms with Gasteiger partial charge >= 0.3 is 0 Å². The van der Waals surface area contributed by atoms with E-state index < -0.39 is 0 Å². The first-order chi connectivity index (χ1) is 17.3. The standard InChI is InChI=1S/C27H17N7O/c35-27(19-9-4-10-20-24(19)30-12-11-29-20)33-23-16-6-2-1-5-15(16)22-17(23)7-3-8-18(22)25-32-21-13-28-14-31-26(21)34-25/h1-14,23H,(H,33,35)(H,28,31,32,34)/t23-/m1/s1. The minimum Gasteiger partial charge on any atom is -0.341 e. The van der Waals surface area contributed by atoms with Crippen LogP contribution in [0.25, 0.3) is 44.7 Å². The van der Waals surface area contributed by atoms with Crippen LogP contribution in [-0.4, -0.2) is 35.8 Å². The van der Waals surface area contributed by atoms with Crippen LogP contribution < -0.4 is 5.32 Å². The predicted molar refractivity (Wildman–Crippen MR) is 131 cm³/mol. The lowest BCUT2D eigenvalue weighted by molar-refractivity contribution is 0.0945. The highest BCUT2D eigenvalue weighted by Gasteiger charge is 2.32. The molecule has 7 rings (SSSR count). The molecule has 1 aliphatic carbocycles. The molecular formula is C27H17N7O. The van der Waals surface area contributed by atoms with Gasteiger partial charge in [-0.3, -0.25) is 14.8 Å². The number of hydrogen-bond acceptors (Lipinski definition) is 6. The Labute approximate surface area is 199 Å². The Hall–Kier alpha value is -4.98. The summed E-state index contributed by atoms with van der Waals surface area (Å²) in [5.41, 5.74) is 8.23. The Morgan fingerprint density at radius 3 is 2.63 bits per heavy atom. The third kappa shape index (κ3) is 3.00. The van der Waals surface area contributed by atoms with E-state index in [1.807, 2.05) is 36.4 Å². The maximum Gasteiger partial charge on any atom is 0.254 e. The van der Waals surface area contributed by atoms with Crippen LogP contribution in [-0.2, 0) is 0 Å². The second kappa shape index (κ2) is 7.53. The third-order valence-corrected chi connectivity index (χ3v) is 6.38. The molecule has 8 nitrogen and oxygen atoms in total. The summed E-state index contributed by atoms with van der Waals surface area (Å²) in [4.78, 5) is 38.6. The summed E-state index contributed by atoms with van der Waals surface area (Å²) in [5, 5.41) is 3.25. The number of imidazole rings is 1. The smallest absolute Gasteiger partial charge is 0.254 e. The second-order valence-electron chi connectivity index (χ2n) is 8.34. The first kappa shape index (κ1) is 19.5. The molecule has 8 heteroatoms. The molecule has 0 spiro atoms. The highest BCUT2D eigenvalue weighted by Crippen LogP contribution is 2.47. The lowest BCUT2D eigenvalue weighted by atomic mass is 9.98. The number of H-pyrrole nitrogens is 1. The van der Waals surface area contributed by atoms with E-state index in [1.165, 1.54) is 6.33 Å². The summed E-state index contributed by atoms with van der Waals surface area (Å²) in [5.74, 6) is 0.511. The number of para-hydroxylation sites is 1. The molecular weight excluding hydrogens is 438 g/mol. The Bertz CT molecular complexity index is 1740. The molecule has 0 bridgehead atoms. The van der Waals surface area contributed by atoms with Crippen molar-refractivity contribution in [3.63, 3.8) is 0 Å². The lowest BCUT2D eigenvalue weighted by Gasteiger charge is -2.17. The van der Waals surface area contributed by atoms with Crippen molar-refractivity contribution in [2.45, 2.75) is 6.04 Å². The largest absolute Gasteiger partial charge is 0.341 e. The Kier molecular flexibility index (Phi) is 4.19. The summed E-state index contributed by atoms with van der Waals surface area (Å²) >= 11 is 0. The highest BCUT2D eigenvalue weighted by molar-refractivity contribution is 6.05. The van der Waals surface area contributed by atoms with Gasteiger partial charge in [-0.1, -0.05) is 48.5 Å². The van der Waals surface area contributed by atoms with Gasteiger partial charge in [-0.25, -0.2) is 15.0 Å². The highest BCUT2D eigenvalue weighted by atomic mass is 16.1. The predicted octanol–water partition coefficient (Wildman–Crippen LogP) is 4.46. The quantitative estimate of drug-likeness (QED) is 0.408. The van der Waals surface area contributed by atoms with Crippen LogP contribution >= 0.6 is 0 Å². The van der Waals surface area contributed by atoms with Crippen molar-refractivity contribution in [1.29, 1.82) is 0 Å². The zero-order valence-corrected chi connectivity index (χ0v) is 18.3. The molecule has 0 radical (unpaired) electrons. The zero-order chi connectivity index (χ0) is 23.4. The van der Waals surface area contributed by atoms with E-state index in [-0.39, 0.29) is 11.9 Å². The molecule has 0 unspecified atom stereocenters. The molecule has 0 aliphatic heterocycles. The number of amides is 1. The number of hydrogen-bond donors (Lipinski definition) is 2. The van der Waals surface area contributed by atoms with Gasteiger partial charge in [-0.05, 0) is 34.4 Å². The van der Waals surface area contributed by atoms with Crippen molar-refractivity contribution in [3.05, 3.63) is 102 Å². The summed E-state index contributed by atoms with van der Waals surface area (Å²) < 4.78 is 0. The van der Waals surface area contributed by atoms with Crippen LogP contribution in [0.1, 0.15) is 27.5 Å². The molecule has 3 aromatic carbocycles. The molecule has 0 saturated heterocycles. The molecule has 3 aromatic heterocycles. The minimum absolute atomic E-state index is 0.201. The van der Waals surface area contributed by atoms with Crippen LogP contribution in [0.4, 0.5) is 0 Å².